The summed E-state index contributed by atoms with van der Waals surface area (Å²) in [6, 6.07) is 3.56. The first-order valence-corrected chi connectivity index (χ1v) is 4.58. The molecule has 2 heterocycles. The van der Waals surface area contributed by atoms with Gasteiger partial charge in [-0.15, -0.1) is 11.3 Å². The Morgan fingerprint density at radius 3 is 2.77 bits per heavy atom. The van der Waals surface area contributed by atoms with Crippen molar-refractivity contribution >= 4 is 17.6 Å². The molecule has 2 aromatic rings. The number of aromatic nitrogens is 2. The van der Waals surface area contributed by atoms with Gasteiger partial charge in [-0.25, -0.2) is 0 Å². The summed E-state index contributed by atoms with van der Waals surface area (Å²) >= 11 is 1.53. The van der Waals surface area contributed by atoms with Crippen LogP contribution in [-0.4, -0.2) is 16.3 Å². The van der Waals surface area contributed by atoms with Crippen molar-refractivity contribution in [3.05, 3.63) is 35.6 Å². The van der Waals surface area contributed by atoms with Crippen molar-refractivity contribution in [2.24, 2.45) is 0 Å². The van der Waals surface area contributed by atoms with E-state index in [-0.39, 0.29) is 0 Å². The van der Waals surface area contributed by atoms with E-state index in [9.17, 15) is 4.79 Å². The van der Waals surface area contributed by atoms with Gasteiger partial charge < -0.3 is 0 Å². The van der Waals surface area contributed by atoms with Crippen LogP contribution in [0.15, 0.2) is 30.0 Å². The Balaban J connectivity index is 2.38. The van der Waals surface area contributed by atoms with Crippen molar-refractivity contribution in [3.8, 4) is 10.6 Å². The molecule has 0 saturated heterocycles. The minimum absolute atomic E-state index is 0.591. The van der Waals surface area contributed by atoms with Gasteiger partial charge in [-0.3, -0.25) is 14.8 Å². The van der Waals surface area contributed by atoms with E-state index < -0.39 is 0 Å². The molecule has 4 heteroatoms. The maximum atomic E-state index is 10.4. The maximum Gasteiger partial charge on any atom is 0.151 e. The van der Waals surface area contributed by atoms with Gasteiger partial charge in [0.2, 0.25) is 0 Å². The molecule has 0 saturated carbocycles. The monoisotopic (exact) mass is 190 g/mol. The second-order valence-corrected chi connectivity index (χ2v) is 3.35. The fourth-order valence-electron chi connectivity index (χ4n) is 0.963. The molecule has 0 aliphatic carbocycles. The number of thiazole rings is 1. The Morgan fingerprint density at radius 1 is 1.31 bits per heavy atom. The number of carbonyl (C=O) groups is 1. The molecule has 0 unspecified atom stereocenters. The molecule has 0 aliphatic heterocycles. The van der Waals surface area contributed by atoms with Crippen LogP contribution in [0.5, 0.6) is 0 Å². The average molecular weight is 190 g/mol. The minimum Gasteiger partial charge on any atom is -0.298 e. The number of hydrogen-bond acceptors (Lipinski definition) is 4. The lowest BCUT2D eigenvalue weighted by Crippen LogP contribution is -1.83. The van der Waals surface area contributed by atoms with Gasteiger partial charge in [0.1, 0.15) is 0 Å². The molecule has 0 bridgehead atoms. The van der Waals surface area contributed by atoms with Gasteiger partial charge in [-0.2, -0.15) is 0 Å². The van der Waals surface area contributed by atoms with Crippen LogP contribution >= 0.6 is 11.3 Å². The Kier molecular flexibility index (Phi) is 2.14. The molecule has 2 rings (SSSR count). The SMILES string of the molecule is O=Cc1ccc(-c2cncs2)nc1. The number of hydrogen-bond donors (Lipinski definition) is 0. The lowest BCUT2D eigenvalue weighted by atomic mass is 10.2. The van der Waals surface area contributed by atoms with Crippen molar-refractivity contribution in [1.29, 1.82) is 0 Å². The van der Waals surface area contributed by atoms with E-state index in [1.807, 2.05) is 6.07 Å². The van der Waals surface area contributed by atoms with Gasteiger partial charge in [-0.05, 0) is 12.1 Å². The molecule has 0 aromatic carbocycles. The number of carbonyl (C=O) groups excluding carboxylic acids is 1. The molecule has 3 nitrogen and oxygen atoms in total. The first-order valence-electron chi connectivity index (χ1n) is 3.70. The number of rotatable bonds is 2. The van der Waals surface area contributed by atoms with Crippen LogP contribution in [0.2, 0.25) is 0 Å². The first kappa shape index (κ1) is 8.07. The number of nitrogens with zero attached hydrogens (tertiary/aromatic N) is 2. The van der Waals surface area contributed by atoms with E-state index in [0.717, 1.165) is 16.9 Å². The van der Waals surface area contributed by atoms with Crippen LogP contribution in [0.4, 0.5) is 0 Å². The van der Waals surface area contributed by atoms with Crippen molar-refractivity contribution in [2.45, 2.75) is 0 Å². The van der Waals surface area contributed by atoms with Gasteiger partial charge in [-0.1, -0.05) is 0 Å². The molecule has 13 heavy (non-hydrogen) atoms. The summed E-state index contributed by atoms with van der Waals surface area (Å²) < 4.78 is 0. The normalized spacial score (nSPS) is 9.85. The Labute approximate surface area is 79.1 Å². The molecule has 64 valence electrons. The van der Waals surface area contributed by atoms with Crippen molar-refractivity contribution < 1.29 is 4.79 Å². The van der Waals surface area contributed by atoms with Crippen LogP contribution in [0, 0.1) is 0 Å². The van der Waals surface area contributed by atoms with E-state index in [1.165, 1.54) is 11.3 Å². The molecule has 0 fully saturated rings. The second kappa shape index (κ2) is 3.45. The maximum absolute atomic E-state index is 10.4. The predicted molar refractivity (Wildman–Crippen MR) is 50.7 cm³/mol. The van der Waals surface area contributed by atoms with E-state index in [2.05, 4.69) is 9.97 Å². The molecule has 0 atom stereocenters. The van der Waals surface area contributed by atoms with Crippen molar-refractivity contribution in [2.75, 3.05) is 0 Å². The van der Waals surface area contributed by atoms with E-state index in [4.69, 9.17) is 0 Å². The van der Waals surface area contributed by atoms with Crippen molar-refractivity contribution in [3.63, 3.8) is 0 Å². The highest BCUT2D eigenvalue weighted by atomic mass is 32.1. The summed E-state index contributed by atoms with van der Waals surface area (Å²) in [5.41, 5.74) is 3.20. The summed E-state index contributed by atoms with van der Waals surface area (Å²) in [6.45, 7) is 0. The zero-order chi connectivity index (χ0) is 9.10. The topological polar surface area (TPSA) is 42.9 Å². The summed E-state index contributed by atoms with van der Waals surface area (Å²) in [5, 5.41) is 0. The predicted octanol–water partition coefficient (Wildman–Crippen LogP) is 2.02. The quantitative estimate of drug-likeness (QED) is 0.680. The summed E-state index contributed by atoms with van der Waals surface area (Å²) in [7, 11) is 0. The molecule has 2 aromatic heterocycles. The largest absolute Gasteiger partial charge is 0.298 e. The van der Waals surface area contributed by atoms with Crippen LogP contribution in [0.3, 0.4) is 0 Å². The fourth-order valence-corrected chi connectivity index (χ4v) is 1.56. The van der Waals surface area contributed by atoms with Crippen molar-refractivity contribution in [1.82, 2.24) is 9.97 Å². The standard InChI is InChI=1S/C9H6N2OS/c12-5-7-1-2-8(11-3-7)9-4-10-6-13-9/h1-6H. The average Bonchev–Trinajstić information content (AvgIpc) is 2.71. The van der Waals surface area contributed by atoms with Gasteiger partial charge in [0.15, 0.2) is 6.29 Å². The van der Waals surface area contributed by atoms with E-state index in [0.29, 0.717) is 5.56 Å². The third-order valence-electron chi connectivity index (χ3n) is 1.61. The van der Waals surface area contributed by atoms with Crippen LogP contribution in [0.1, 0.15) is 10.4 Å². The van der Waals surface area contributed by atoms with Crippen LogP contribution in [0.25, 0.3) is 10.6 Å². The van der Waals surface area contributed by atoms with Gasteiger partial charge in [0.05, 0.1) is 16.1 Å². The highest BCUT2D eigenvalue weighted by molar-refractivity contribution is 7.13. The van der Waals surface area contributed by atoms with Crippen LogP contribution in [-0.2, 0) is 0 Å². The van der Waals surface area contributed by atoms with E-state index in [1.54, 1.807) is 24.0 Å². The lowest BCUT2D eigenvalue weighted by molar-refractivity contribution is 0.112. The highest BCUT2D eigenvalue weighted by Gasteiger charge is 1.99. The second-order valence-electron chi connectivity index (χ2n) is 2.46. The number of aldehydes is 1. The van der Waals surface area contributed by atoms with E-state index >= 15 is 0 Å². The zero-order valence-electron chi connectivity index (χ0n) is 6.68. The molecule has 0 aliphatic rings. The van der Waals surface area contributed by atoms with Crippen LogP contribution < -0.4 is 0 Å². The summed E-state index contributed by atoms with van der Waals surface area (Å²) in [6.07, 6.45) is 4.10. The minimum atomic E-state index is 0.591. The molecular weight excluding hydrogens is 184 g/mol. The Hall–Kier alpha value is -1.55. The number of pyridine rings is 1. The van der Waals surface area contributed by atoms with Gasteiger partial charge in [0.25, 0.3) is 0 Å². The fraction of sp³-hybridized carbons (Fsp3) is 0. The molecule has 0 radical (unpaired) electrons. The molecule has 0 amide bonds. The third-order valence-corrected chi connectivity index (χ3v) is 2.40. The Morgan fingerprint density at radius 2 is 2.23 bits per heavy atom. The molecule has 0 spiro atoms. The zero-order valence-corrected chi connectivity index (χ0v) is 7.49. The molecular formula is C9H6N2OS. The van der Waals surface area contributed by atoms with Gasteiger partial charge >= 0.3 is 0 Å². The third kappa shape index (κ3) is 1.62. The smallest absolute Gasteiger partial charge is 0.151 e. The summed E-state index contributed by atoms with van der Waals surface area (Å²) in [5.74, 6) is 0. The molecule has 0 N–H and O–H groups in total. The highest BCUT2D eigenvalue weighted by Crippen LogP contribution is 2.20. The summed E-state index contributed by atoms with van der Waals surface area (Å²) in [4.78, 5) is 19.4. The van der Waals surface area contributed by atoms with Gasteiger partial charge in [0, 0.05) is 18.0 Å². The Bertz CT molecular complexity index is 394. The first-order chi connectivity index (χ1) is 6.40. The lowest BCUT2D eigenvalue weighted by Gasteiger charge is -1.94.